The zero-order valence-corrected chi connectivity index (χ0v) is 35.7. The number of para-hydroxylation sites is 2. The third-order valence-electron chi connectivity index (χ3n) is 6.40. The molecule has 2 aromatic heterocycles. The van der Waals surface area contributed by atoms with Crippen LogP contribution in [0.3, 0.4) is 0 Å². The van der Waals surface area contributed by atoms with Crippen molar-refractivity contribution in [1.82, 2.24) is 19.6 Å². The summed E-state index contributed by atoms with van der Waals surface area (Å²) < 4.78 is 2.75. The fourth-order valence-electron chi connectivity index (χ4n) is 4.11. The quantitative estimate of drug-likeness (QED) is 0.0738. The van der Waals surface area contributed by atoms with Crippen molar-refractivity contribution in [3.8, 4) is 34.6 Å². The molecule has 277 valence electrons. The Morgan fingerprint density at radius 1 is 0.547 bits per heavy atom. The Morgan fingerprint density at radius 2 is 0.868 bits per heavy atom. The molecule has 4 aromatic carbocycles. The van der Waals surface area contributed by atoms with Gasteiger partial charge in [-0.1, -0.05) is 73.4 Å². The summed E-state index contributed by atoms with van der Waals surface area (Å²) in [6.45, 7) is 7.43. The summed E-state index contributed by atoms with van der Waals surface area (Å²) in [6.07, 6.45) is 0. The molecule has 12 nitrogen and oxygen atoms in total. The minimum Gasteiger partial charge on any atom is -0.506 e. The van der Waals surface area contributed by atoms with Crippen molar-refractivity contribution in [3.63, 3.8) is 0 Å². The fourth-order valence-corrected chi connectivity index (χ4v) is 4.44. The Labute approximate surface area is 356 Å². The first-order valence-corrected chi connectivity index (χ1v) is 15.4. The van der Waals surface area contributed by atoms with E-state index in [4.69, 9.17) is 23.2 Å². The molecule has 53 heavy (non-hydrogen) atoms. The molecular weight excluding hydrogens is 836 g/mol. The van der Waals surface area contributed by atoms with Crippen LogP contribution < -0.4 is 0 Å². The predicted octanol–water partition coefficient (Wildman–Crippen LogP) is 11.7. The fraction of sp³-hybridized carbons (Fsp3) is 0.108. The maximum Gasteiger partial charge on any atom is 0.243 e. The van der Waals surface area contributed by atoms with Gasteiger partial charge in [-0.2, -0.15) is 19.6 Å². The average Bonchev–Trinajstić information content (AvgIpc) is 3.55. The van der Waals surface area contributed by atoms with Crippen LogP contribution in [0.1, 0.15) is 25.2 Å². The van der Waals surface area contributed by atoms with Crippen molar-refractivity contribution < 1.29 is 70.2 Å². The second kappa shape index (κ2) is 24.1. The van der Waals surface area contributed by atoms with Gasteiger partial charge in [0.05, 0.1) is 22.8 Å². The molecule has 0 unspecified atom stereocenters. The van der Waals surface area contributed by atoms with Crippen molar-refractivity contribution in [2.45, 2.75) is 27.7 Å². The molecule has 0 fully saturated rings. The van der Waals surface area contributed by atoms with Crippen molar-refractivity contribution in [1.29, 1.82) is 0 Å². The normalized spacial score (nSPS) is 9.85. The van der Waals surface area contributed by atoms with Crippen LogP contribution in [0, 0.1) is 36.1 Å². The molecule has 6 aromatic rings. The van der Waals surface area contributed by atoms with E-state index in [0.29, 0.717) is 32.8 Å². The van der Waals surface area contributed by atoms with Gasteiger partial charge in [0.2, 0.25) is 11.8 Å². The Morgan fingerprint density at radius 3 is 1.19 bits per heavy atom. The molecule has 2 heterocycles. The Balaban J connectivity index is 0. The largest absolute Gasteiger partial charge is 0.506 e. The Bertz CT molecular complexity index is 1910. The van der Waals surface area contributed by atoms with E-state index in [0.717, 1.165) is 0 Å². The first kappa shape index (κ1) is 50.8. The van der Waals surface area contributed by atoms with Gasteiger partial charge in [-0.15, -0.1) is 20.5 Å². The van der Waals surface area contributed by atoms with Gasteiger partial charge in [0.1, 0.15) is 22.9 Å². The van der Waals surface area contributed by atoms with Gasteiger partial charge >= 0.3 is 0 Å². The maximum absolute atomic E-state index is 10.3. The first-order chi connectivity index (χ1) is 23.1. The van der Waals surface area contributed by atoms with E-state index in [-0.39, 0.29) is 118 Å². The van der Waals surface area contributed by atoms with Crippen molar-refractivity contribution >= 4 is 46.0 Å². The smallest absolute Gasteiger partial charge is 0.243 e. The summed E-state index contributed by atoms with van der Waals surface area (Å²) in [5.74, 6) is -0.352. The number of benzene rings is 4. The van der Waals surface area contributed by atoms with Gasteiger partial charge in [0, 0.05) is 74.7 Å². The van der Waals surface area contributed by atoms with Crippen LogP contribution in [-0.4, -0.2) is 40.0 Å². The summed E-state index contributed by atoms with van der Waals surface area (Å²) in [7, 11) is 0. The first-order valence-electron chi connectivity index (χ1n) is 14.6. The minimum absolute atomic E-state index is 0. The van der Waals surface area contributed by atoms with Crippen LogP contribution in [0.25, 0.3) is 11.4 Å². The van der Waals surface area contributed by atoms with E-state index >= 15 is 0 Å². The Kier molecular flexibility index (Phi) is 23.0. The third kappa shape index (κ3) is 12.9. The minimum atomic E-state index is -0.126. The van der Waals surface area contributed by atoms with E-state index in [9.17, 15) is 20.4 Å². The van der Waals surface area contributed by atoms with Crippen LogP contribution in [0.4, 0.5) is 22.7 Å². The topological polar surface area (TPSA) is 166 Å². The monoisotopic (exact) mass is 876 g/mol. The number of halogens is 2. The van der Waals surface area contributed by atoms with Gasteiger partial charge in [-0.05, 0) is 74.5 Å². The van der Waals surface area contributed by atoms with Gasteiger partial charge in [-0.3, -0.25) is 0 Å². The molecule has 0 aliphatic rings. The summed E-state index contributed by atoms with van der Waals surface area (Å²) in [5, 5.41) is 65.4. The number of phenolic OH excluding ortho intramolecular Hbond substituents is 2. The zero-order valence-electron chi connectivity index (χ0n) is 30.3. The van der Waals surface area contributed by atoms with Crippen LogP contribution in [0.5, 0.6) is 23.3 Å². The maximum atomic E-state index is 10.3. The number of phenols is 2. The second-order valence-corrected chi connectivity index (χ2v) is 10.5. The number of nitrogens with zero attached hydrogens (tertiary/aromatic N) is 8. The van der Waals surface area contributed by atoms with Crippen LogP contribution >= 0.6 is 23.2 Å². The molecule has 1 radical (unpaired) electrons. The van der Waals surface area contributed by atoms with E-state index in [1.807, 2.05) is 74.5 Å². The third-order valence-corrected chi connectivity index (χ3v) is 6.87. The van der Waals surface area contributed by atoms with E-state index in [1.165, 1.54) is 33.6 Å². The number of azo groups is 2. The number of aryl methyl sites for hydroxylation is 2. The number of hydrogen-bond acceptors (Lipinski definition) is 10. The van der Waals surface area contributed by atoms with E-state index in [1.54, 1.807) is 26.0 Å². The number of aromatic nitrogens is 4. The zero-order chi connectivity index (χ0) is 34.8. The van der Waals surface area contributed by atoms with Gasteiger partial charge in [0.15, 0.2) is 11.4 Å². The van der Waals surface area contributed by atoms with Crippen LogP contribution in [0.15, 0.2) is 118 Å². The SMILES string of the molecule is CC.Cc1nn(-c2ccccc2)c(O)c1N=Nc1cc(Cl)ccc1O.Cc1nn(-c2ccccc2)c(O)c1N=Nc1cc(Cl)ccc1O.[CH3+].[CH3+].[CH3-].[Fe].[Y]. The molecule has 4 N–H and O–H groups in total. The molecule has 16 heteroatoms. The van der Waals surface area contributed by atoms with Crippen molar-refractivity contribution in [2.75, 3.05) is 0 Å². The standard InChI is InChI=1S/2C16H13ClN4O2.C2H6.3CH3.Fe.Y/c2*1-10-15(19-18-13-9-11(17)7-8-14(13)22)16(23)21(20-10)12-5-3-2-4-6-12;1-2;;;;;/h2*2-9,22-23H,1H3;1-2H3;3*1H3;;/q;;;-1;2*+1;;. The van der Waals surface area contributed by atoms with E-state index in [2.05, 4.69) is 30.7 Å². The summed E-state index contributed by atoms with van der Waals surface area (Å²) in [6, 6.07) is 27.3. The molecule has 0 saturated heterocycles. The van der Waals surface area contributed by atoms with Gasteiger partial charge in [0.25, 0.3) is 0 Å². The van der Waals surface area contributed by atoms with Gasteiger partial charge in [-0.25, -0.2) is 0 Å². The summed E-state index contributed by atoms with van der Waals surface area (Å²) >= 11 is 11.7. The molecule has 0 atom stereocenters. The van der Waals surface area contributed by atoms with Crippen molar-refractivity contribution in [2.24, 2.45) is 20.5 Å². The molecule has 0 aliphatic carbocycles. The van der Waals surface area contributed by atoms with Crippen molar-refractivity contribution in [3.05, 3.63) is 141 Å². The van der Waals surface area contributed by atoms with Gasteiger partial charge < -0.3 is 27.9 Å². The predicted molar refractivity (Wildman–Crippen MR) is 205 cm³/mol. The average molecular weight is 877 g/mol. The van der Waals surface area contributed by atoms with Crippen LogP contribution in [0.2, 0.25) is 10.0 Å². The molecule has 6 rings (SSSR count). The number of aromatic hydroxyl groups is 4. The second-order valence-electron chi connectivity index (χ2n) is 9.68. The molecular formula is C37H41Cl2FeN8O4Y+. The summed E-state index contributed by atoms with van der Waals surface area (Å²) in [5.41, 5.74) is 3.32. The molecule has 0 spiro atoms. The van der Waals surface area contributed by atoms with E-state index < -0.39 is 0 Å². The van der Waals surface area contributed by atoms with Crippen LogP contribution in [-0.2, 0) is 49.8 Å². The number of rotatable bonds is 6. The summed E-state index contributed by atoms with van der Waals surface area (Å²) in [4.78, 5) is 0. The molecule has 0 bridgehead atoms. The molecule has 0 amide bonds. The number of hydrogen-bond donors (Lipinski definition) is 4. The molecule has 0 saturated carbocycles. The Hall–Kier alpha value is -4.36. The molecule has 0 aliphatic heterocycles.